The van der Waals surface area contributed by atoms with Gasteiger partial charge in [-0.05, 0) is 38.3 Å². The Labute approximate surface area is 62.4 Å². The van der Waals surface area contributed by atoms with Gasteiger partial charge in [0.25, 0.3) is 0 Å². The molecular weight excluding hydrogens is 124 g/mol. The lowest BCUT2D eigenvalue weighted by Crippen LogP contribution is -2.51. The van der Waals surface area contributed by atoms with Gasteiger partial charge in [-0.2, -0.15) is 0 Å². The Bertz CT molecular complexity index is 87.8. The van der Waals surface area contributed by atoms with Crippen molar-refractivity contribution in [3.8, 4) is 0 Å². The molecule has 2 heterocycles. The van der Waals surface area contributed by atoms with E-state index in [-0.39, 0.29) is 0 Å². The van der Waals surface area contributed by atoms with E-state index in [9.17, 15) is 0 Å². The molecule has 0 aliphatic carbocycles. The van der Waals surface area contributed by atoms with Crippen molar-refractivity contribution in [3.05, 3.63) is 0 Å². The third kappa shape index (κ3) is 1.18. The molecule has 58 valence electrons. The second-order valence-corrected chi connectivity index (χ2v) is 3.46. The minimum Gasteiger partial charge on any atom is -0.315 e. The Morgan fingerprint density at radius 2 is 2.10 bits per heavy atom. The average molecular weight is 140 g/mol. The van der Waals surface area contributed by atoms with Crippen LogP contribution in [0.15, 0.2) is 0 Å². The first-order valence-corrected chi connectivity index (χ1v) is 4.41. The molecule has 10 heavy (non-hydrogen) atoms. The van der Waals surface area contributed by atoms with Crippen LogP contribution in [-0.4, -0.2) is 25.7 Å². The van der Waals surface area contributed by atoms with Crippen LogP contribution in [-0.2, 0) is 0 Å². The lowest BCUT2D eigenvalue weighted by Gasteiger charge is -2.36. The number of rotatable bonds is 0. The van der Waals surface area contributed by atoms with Gasteiger partial charge in [0.15, 0.2) is 0 Å². The predicted molar refractivity (Wildman–Crippen MR) is 42.0 cm³/mol. The minimum absolute atomic E-state index is 0.794. The molecule has 0 spiro atoms. The van der Waals surface area contributed by atoms with E-state index in [1.54, 1.807) is 0 Å². The molecule has 2 nitrogen and oxygen atoms in total. The van der Waals surface area contributed by atoms with Crippen molar-refractivity contribution in [1.29, 1.82) is 0 Å². The van der Waals surface area contributed by atoms with E-state index >= 15 is 0 Å². The highest BCUT2D eigenvalue weighted by Crippen LogP contribution is 2.21. The number of hydrogen-bond donors (Lipinski definition) is 2. The van der Waals surface area contributed by atoms with Crippen LogP contribution in [0.25, 0.3) is 0 Å². The first-order chi connectivity index (χ1) is 4.97. The molecule has 0 radical (unpaired) electrons. The van der Waals surface area contributed by atoms with Crippen molar-refractivity contribution < 1.29 is 0 Å². The molecule has 2 rings (SSSR count). The molecule has 2 atom stereocenters. The molecule has 0 bridgehead atoms. The maximum Gasteiger partial charge on any atom is 0.0221 e. The van der Waals surface area contributed by atoms with Gasteiger partial charge < -0.3 is 10.6 Å². The molecular formula is C8H16N2. The van der Waals surface area contributed by atoms with Gasteiger partial charge >= 0.3 is 0 Å². The summed E-state index contributed by atoms with van der Waals surface area (Å²) in [6.45, 7) is 3.68. The van der Waals surface area contributed by atoms with Gasteiger partial charge in [0.1, 0.15) is 0 Å². The summed E-state index contributed by atoms with van der Waals surface area (Å²) >= 11 is 0. The molecule has 0 saturated carbocycles. The Hall–Kier alpha value is -0.0800. The van der Waals surface area contributed by atoms with Gasteiger partial charge in [-0.15, -0.1) is 0 Å². The average Bonchev–Trinajstić information content (AvgIpc) is 2.05. The van der Waals surface area contributed by atoms with Crippen LogP contribution in [0, 0.1) is 5.92 Å². The Kier molecular flexibility index (Phi) is 1.91. The van der Waals surface area contributed by atoms with Crippen LogP contribution < -0.4 is 10.6 Å². The van der Waals surface area contributed by atoms with Crippen LogP contribution in [0.1, 0.15) is 19.3 Å². The molecule has 2 aliphatic heterocycles. The molecule has 2 heteroatoms. The van der Waals surface area contributed by atoms with Crippen LogP contribution >= 0.6 is 0 Å². The minimum atomic E-state index is 0.794. The monoisotopic (exact) mass is 140 g/mol. The SMILES string of the molecule is C1CN[C@H]2CNCC[C@H]2C1. The normalized spacial score (nSPS) is 40.8. The Morgan fingerprint density at radius 1 is 1.10 bits per heavy atom. The van der Waals surface area contributed by atoms with Gasteiger partial charge in [0.05, 0.1) is 0 Å². The quantitative estimate of drug-likeness (QED) is 0.507. The fraction of sp³-hybridized carbons (Fsp3) is 1.00. The lowest BCUT2D eigenvalue weighted by atomic mass is 9.86. The fourth-order valence-corrected chi connectivity index (χ4v) is 2.15. The highest BCUT2D eigenvalue weighted by Gasteiger charge is 2.26. The summed E-state index contributed by atoms with van der Waals surface area (Å²) in [5.41, 5.74) is 0. The van der Waals surface area contributed by atoms with Crippen molar-refractivity contribution in [3.63, 3.8) is 0 Å². The summed E-state index contributed by atoms with van der Waals surface area (Å²) in [6.07, 6.45) is 4.23. The van der Waals surface area contributed by atoms with Crippen LogP contribution in [0.5, 0.6) is 0 Å². The van der Waals surface area contributed by atoms with Crippen molar-refractivity contribution in [2.45, 2.75) is 25.3 Å². The summed E-state index contributed by atoms with van der Waals surface area (Å²) < 4.78 is 0. The Balaban J connectivity index is 1.93. The molecule has 2 saturated heterocycles. The highest BCUT2D eigenvalue weighted by atomic mass is 15.0. The zero-order chi connectivity index (χ0) is 6.81. The maximum atomic E-state index is 3.56. The first kappa shape index (κ1) is 6.62. The van der Waals surface area contributed by atoms with Crippen LogP contribution in [0.4, 0.5) is 0 Å². The molecule has 2 fully saturated rings. The topological polar surface area (TPSA) is 24.1 Å². The van der Waals surface area contributed by atoms with Crippen molar-refractivity contribution in [2.75, 3.05) is 19.6 Å². The molecule has 0 aromatic carbocycles. The van der Waals surface area contributed by atoms with Crippen LogP contribution in [0.3, 0.4) is 0 Å². The molecule has 0 amide bonds. The lowest BCUT2D eigenvalue weighted by molar-refractivity contribution is 0.225. The second kappa shape index (κ2) is 2.89. The third-order valence-electron chi connectivity index (χ3n) is 2.78. The second-order valence-electron chi connectivity index (χ2n) is 3.46. The van der Waals surface area contributed by atoms with Crippen molar-refractivity contribution >= 4 is 0 Å². The Morgan fingerprint density at radius 3 is 3.00 bits per heavy atom. The van der Waals surface area contributed by atoms with E-state index in [1.807, 2.05) is 0 Å². The van der Waals surface area contributed by atoms with Gasteiger partial charge in [0.2, 0.25) is 0 Å². The number of nitrogens with one attached hydrogen (secondary N) is 2. The number of hydrogen-bond acceptors (Lipinski definition) is 2. The molecule has 2 aliphatic rings. The molecule has 0 aromatic heterocycles. The number of piperidine rings is 2. The first-order valence-electron chi connectivity index (χ1n) is 4.41. The van der Waals surface area contributed by atoms with Crippen molar-refractivity contribution in [1.82, 2.24) is 10.6 Å². The van der Waals surface area contributed by atoms with Gasteiger partial charge in [-0.3, -0.25) is 0 Å². The van der Waals surface area contributed by atoms with E-state index in [0.29, 0.717) is 0 Å². The summed E-state index contributed by atoms with van der Waals surface area (Å²) in [4.78, 5) is 0. The summed E-state index contributed by atoms with van der Waals surface area (Å²) in [7, 11) is 0. The summed E-state index contributed by atoms with van der Waals surface area (Å²) in [6, 6.07) is 0.794. The van der Waals surface area contributed by atoms with E-state index < -0.39 is 0 Å². The number of fused-ring (bicyclic) bond motifs is 1. The van der Waals surface area contributed by atoms with E-state index in [0.717, 1.165) is 12.0 Å². The van der Waals surface area contributed by atoms with E-state index in [4.69, 9.17) is 0 Å². The largest absolute Gasteiger partial charge is 0.315 e. The fourth-order valence-electron chi connectivity index (χ4n) is 2.15. The smallest absolute Gasteiger partial charge is 0.0221 e. The standard InChI is InChI=1S/C8H16N2/c1-2-7-3-5-9-6-8(7)10-4-1/h7-10H,1-6H2/t7-,8+/m1/s1. The van der Waals surface area contributed by atoms with E-state index in [1.165, 1.54) is 38.9 Å². The van der Waals surface area contributed by atoms with Crippen LogP contribution in [0.2, 0.25) is 0 Å². The zero-order valence-corrected chi connectivity index (χ0v) is 6.40. The van der Waals surface area contributed by atoms with Gasteiger partial charge in [-0.1, -0.05) is 0 Å². The van der Waals surface area contributed by atoms with E-state index in [2.05, 4.69) is 10.6 Å². The third-order valence-corrected chi connectivity index (χ3v) is 2.78. The van der Waals surface area contributed by atoms with Gasteiger partial charge in [0, 0.05) is 12.6 Å². The molecule has 0 aromatic rings. The molecule has 0 unspecified atom stereocenters. The maximum absolute atomic E-state index is 3.56. The molecule has 2 N–H and O–H groups in total. The zero-order valence-electron chi connectivity index (χ0n) is 6.40. The van der Waals surface area contributed by atoms with Crippen molar-refractivity contribution in [2.24, 2.45) is 5.92 Å². The summed E-state index contributed by atoms with van der Waals surface area (Å²) in [5, 5.41) is 6.98. The van der Waals surface area contributed by atoms with Gasteiger partial charge in [-0.25, -0.2) is 0 Å². The summed E-state index contributed by atoms with van der Waals surface area (Å²) in [5.74, 6) is 0.981. The highest BCUT2D eigenvalue weighted by molar-refractivity contribution is 4.86. The predicted octanol–water partition coefficient (Wildman–Crippen LogP) is 0.348.